The molecule has 1 aromatic carbocycles. The lowest BCUT2D eigenvalue weighted by molar-refractivity contribution is -0.162. The Morgan fingerprint density at radius 1 is 1.31 bits per heavy atom. The minimum atomic E-state index is -4.50. The molecule has 0 bridgehead atoms. The molecule has 6 nitrogen and oxygen atoms in total. The number of alkyl halides is 3. The summed E-state index contributed by atoms with van der Waals surface area (Å²) in [6.07, 6.45) is -0.550. The van der Waals surface area contributed by atoms with Gasteiger partial charge in [0.15, 0.2) is 0 Å². The summed E-state index contributed by atoms with van der Waals surface area (Å²) >= 11 is 0. The highest BCUT2D eigenvalue weighted by Gasteiger charge is 2.39. The fourth-order valence-electron chi connectivity index (χ4n) is 2.91. The zero-order valence-corrected chi connectivity index (χ0v) is 17.5. The molecular weight excluding hydrogens is 409 g/mol. The molecule has 1 unspecified atom stereocenters. The second-order valence-corrected chi connectivity index (χ2v) is 9.31. The van der Waals surface area contributed by atoms with E-state index in [0.717, 1.165) is 28.1 Å². The quantitative estimate of drug-likeness (QED) is 0.590. The molecule has 0 aromatic heterocycles. The highest BCUT2D eigenvalue weighted by atomic mass is 32.2. The first-order chi connectivity index (χ1) is 13.4. The van der Waals surface area contributed by atoms with Gasteiger partial charge in [0, 0.05) is 26.2 Å². The van der Waals surface area contributed by atoms with E-state index in [1.165, 1.54) is 45.5 Å². The van der Waals surface area contributed by atoms with Crippen LogP contribution >= 0.6 is 0 Å². The predicted octanol–water partition coefficient (Wildman–Crippen LogP) is 3.15. The van der Waals surface area contributed by atoms with Crippen LogP contribution in [0.1, 0.15) is 25.3 Å². The van der Waals surface area contributed by atoms with Crippen molar-refractivity contribution in [2.75, 3.05) is 27.7 Å². The maximum absolute atomic E-state index is 12.9. The molecule has 1 aliphatic rings. The topological polar surface area (TPSA) is 66.9 Å². The summed E-state index contributed by atoms with van der Waals surface area (Å²) in [5.41, 5.74) is 0.352. The number of methoxy groups -OCH3 is 1. The SMILES string of the molecule is COc1ccc(C=CC(=O)N(CC(F)(F)F)C(C)C2CC2)cc1S(=O)(=O)N(C)C. The zero-order valence-electron chi connectivity index (χ0n) is 16.7. The number of rotatable bonds is 8. The Morgan fingerprint density at radius 3 is 2.41 bits per heavy atom. The van der Waals surface area contributed by atoms with E-state index >= 15 is 0 Å². The van der Waals surface area contributed by atoms with E-state index in [1.54, 1.807) is 6.92 Å². The van der Waals surface area contributed by atoms with Gasteiger partial charge in [-0.25, -0.2) is 12.7 Å². The van der Waals surface area contributed by atoms with Gasteiger partial charge in [0.1, 0.15) is 17.2 Å². The van der Waals surface area contributed by atoms with Crippen LogP contribution in [-0.2, 0) is 14.8 Å². The summed E-state index contributed by atoms with van der Waals surface area (Å²) in [5, 5.41) is 0. The van der Waals surface area contributed by atoms with Gasteiger partial charge in [-0.05, 0) is 49.5 Å². The van der Waals surface area contributed by atoms with Crippen LogP contribution in [-0.4, -0.2) is 63.5 Å². The molecule has 0 N–H and O–H groups in total. The van der Waals surface area contributed by atoms with Crippen molar-refractivity contribution in [3.05, 3.63) is 29.8 Å². The van der Waals surface area contributed by atoms with Gasteiger partial charge in [-0.2, -0.15) is 13.2 Å². The number of halogens is 3. The van der Waals surface area contributed by atoms with Crippen molar-refractivity contribution in [1.82, 2.24) is 9.21 Å². The van der Waals surface area contributed by atoms with Crippen LogP contribution in [0.4, 0.5) is 13.2 Å². The van der Waals surface area contributed by atoms with E-state index in [4.69, 9.17) is 4.74 Å². The summed E-state index contributed by atoms with van der Waals surface area (Å²) in [4.78, 5) is 13.2. The van der Waals surface area contributed by atoms with Crippen molar-refractivity contribution in [2.45, 2.75) is 36.9 Å². The first kappa shape index (κ1) is 23.2. The number of nitrogens with zero attached hydrogens (tertiary/aromatic N) is 2. The van der Waals surface area contributed by atoms with E-state index in [9.17, 15) is 26.4 Å². The van der Waals surface area contributed by atoms with Gasteiger partial charge in [0.05, 0.1) is 7.11 Å². The van der Waals surface area contributed by atoms with E-state index in [0.29, 0.717) is 5.56 Å². The maximum atomic E-state index is 12.9. The fraction of sp³-hybridized carbons (Fsp3) is 0.526. The number of hydrogen-bond donors (Lipinski definition) is 0. The molecule has 1 amide bonds. The predicted molar refractivity (Wildman–Crippen MR) is 103 cm³/mol. The smallest absolute Gasteiger partial charge is 0.406 e. The molecule has 0 aliphatic heterocycles. The summed E-state index contributed by atoms with van der Waals surface area (Å²) in [5.74, 6) is -0.565. The van der Waals surface area contributed by atoms with E-state index in [-0.39, 0.29) is 16.6 Å². The molecule has 2 rings (SSSR count). The Labute approximate surface area is 169 Å². The number of ether oxygens (including phenoxy) is 1. The van der Waals surface area contributed by atoms with Crippen molar-refractivity contribution >= 4 is 22.0 Å². The number of benzene rings is 1. The highest BCUT2D eigenvalue weighted by Crippen LogP contribution is 2.36. The van der Waals surface area contributed by atoms with Crippen molar-refractivity contribution in [2.24, 2.45) is 5.92 Å². The Bertz CT molecular complexity index is 878. The monoisotopic (exact) mass is 434 g/mol. The van der Waals surface area contributed by atoms with Gasteiger partial charge in [0.2, 0.25) is 15.9 Å². The molecule has 0 spiro atoms. The van der Waals surface area contributed by atoms with Crippen LogP contribution in [0.3, 0.4) is 0 Å². The molecule has 0 saturated heterocycles. The summed E-state index contributed by atoms with van der Waals surface area (Å²) in [6.45, 7) is 0.293. The maximum Gasteiger partial charge on any atom is 0.406 e. The average molecular weight is 434 g/mol. The van der Waals surface area contributed by atoms with Crippen LogP contribution in [0.2, 0.25) is 0 Å². The minimum Gasteiger partial charge on any atom is -0.495 e. The summed E-state index contributed by atoms with van der Waals surface area (Å²) in [6, 6.07) is 3.75. The van der Waals surface area contributed by atoms with Crippen LogP contribution in [0.5, 0.6) is 5.75 Å². The van der Waals surface area contributed by atoms with E-state index in [2.05, 4.69) is 0 Å². The molecule has 1 saturated carbocycles. The third kappa shape index (κ3) is 5.96. The molecule has 0 heterocycles. The average Bonchev–Trinajstić information content (AvgIpc) is 3.47. The molecule has 0 radical (unpaired) electrons. The number of amides is 1. The lowest BCUT2D eigenvalue weighted by atomic mass is 10.1. The molecule has 1 aliphatic carbocycles. The lowest BCUT2D eigenvalue weighted by Crippen LogP contribution is -2.44. The highest BCUT2D eigenvalue weighted by molar-refractivity contribution is 7.89. The third-order valence-electron chi connectivity index (χ3n) is 4.79. The normalized spacial score (nSPS) is 16.3. The fourth-order valence-corrected chi connectivity index (χ4v) is 3.99. The second-order valence-electron chi connectivity index (χ2n) is 7.19. The summed E-state index contributed by atoms with van der Waals surface area (Å²) < 4.78 is 69.8. The van der Waals surface area contributed by atoms with Crippen LogP contribution < -0.4 is 4.74 Å². The van der Waals surface area contributed by atoms with Gasteiger partial charge in [0.25, 0.3) is 0 Å². The second kappa shape index (κ2) is 8.74. The Morgan fingerprint density at radius 2 is 1.93 bits per heavy atom. The van der Waals surface area contributed by atoms with Gasteiger partial charge in [-0.3, -0.25) is 4.79 Å². The molecular formula is C19H25F3N2O4S. The van der Waals surface area contributed by atoms with Gasteiger partial charge in [-0.15, -0.1) is 0 Å². The number of carbonyl (C=O) groups excluding carboxylic acids is 1. The van der Waals surface area contributed by atoms with Crippen LogP contribution in [0, 0.1) is 5.92 Å². The number of hydrogen-bond acceptors (Lipinski definition) is 4. The van der Waals surface area contributed by atoms with Crippen molar-refractivity contribution < 1.29 is 31.1 Å². The summed E-state index contributed by atoms with van der Waals surface area (Å²) in [7, 11) is 0.264. The van der Waals surface area contributed by atoms with E-state index in [1.807, 2.05) is 0 Å². The Hall–Kier alpha value is -2.07. The Kier molecular flexibility index (Phi) is 7.00. The largest absolute Gasteiger partial charge is 0.495 e. The van der Waals surface area contributed by atoms with Gasteiger partial charge >= 0.3 is 6.18 Å². The van der Waals surface area contributed by atoms with Crippen molar-refractivity contribution in [1.29, 1.82) is 0 Å². The number of carbonyl (C=O) groups is 1. The first-order valence-electron chi connectivity index (χ1n) is 9.03. The number of sulfonamides is 1. The van der Waals surface area contributed by atoms with Crippen molar-refractivity contribution in [3.63, 3.8) is 0 Å². The van der Waals surface area contributed by atoms with E-state index < -0.39 is 34.7 Å². The van der Waals surface area contributed by atoms with Crippen LogP contribution in [0.15, 0.2) is 29.2 Å². The first-order valence-corrected chi connectivity index (χ1v) is 10.5. The molecule has 1 atom stereocenters. The standard InChI is InChI=1S/C19H25F3N2O4S/c1-13(15-7-8-15)24(12-19(20,21)22)18(25)10-6-14-5-9-16(28-4)17(11-14)29(26,27)23(2)3/h5-6,9-11,13,15H,7-8,12H2,1-4H3. The minimum absolute atomic E-state index is 0.0764. The Balaban J connectivity index is 2.30. The van der Waals surface area contributed by atoms with Crippen molar-refractivity contribution in [3.8, 4) is 5.75 Å². The molecule has 29 heavy (non-hydrogen) atoms. The lowest BCUT2D eigenvalue weighted by Gasteiger charge is -2.29. The van der Waals surface area contributed by atoms with Crippen LogP contribution in [0.25, 0.3) is 6.08 Å². The third-order valence-corrected chi connectivity index (χ3v) is 6.63. The molecule has 1 fully saturated rings. The van der Waals surface area contributed by atoms with Gasteiger partial charge in [-0.1, -0.05) is 6.07 Å². The molecule has 162 valence electrons. The molecule has 1 aromatic rings. The molecule has 10 heteroatoms. The van der Waals surface area contributed by atoms with Gasteiger partial charge < -0.3 is 9.64 Å². The zero-order chi connectivity index (χ0) is 22.0.